The maximum Gasteiger partial charge on any atom is 0.334 e. The van der Waals surface area contributed by atoms with Gasteiger partial charge in [-0.25, -0.2) is 4.79 Å². The summed E-state index contributed by atoms with van der Waals surface area (Å²) in [5, 5.41) is 8.98. The van der Waals surface area contributed by atoms with Crippen LogP contribution in [0.5, 0.6) is 0 Å². The molecule has 2 heterocycles. The molecule has 1 aromatic rings. The monoisotopic (exact) mass is 295 g/mol. The first-order valence-corrected chi connectivity index (χ1v) is 7.72. The lowest BCUT2D eigenvalue weighted by Gasteiger charge is -2.30. The first-order valence-electron chi connectivity index (χ1n) is 6.90. The molecule has 1 amide bonds. The minimum Gasteiger partial charge on any atom is -0.479 e. The Hall–Kier alpha value is -1.40. The summed E-state index contributed by atoms with van der Waals surface area (Å²) in [7, 11) is 0. The van der Waals surface area contributed by atoms with Gasteiger partial charge in [0.25, 0.3) is 5.91 Å². The van der Waals surface area contributed by atoms with E-state index >= 15 is 0 Å². The van der Waals surface area contributed by atoms with Crippen molar-refractivity contribution in [2.45, 2.75) is 31.8 Å². The Morgan fingerprint density at radius 2 is 2.15 bits per heavy atom. The molecule has 0 saturated carbocycles. The standard InChI is InChI=1S/C14H17NO4S/c16-13(15-5-6-19-10(8-15)14(17)18)12-7-9-3-1-2-4-11(9)20-12/h7,10H,1-6,8H2,(H,17,18). The van der Waals surface area contributed by atoms with Crippen molar-refractivity contribution in [2.24, 2.45) is 0 Å². The van der Waals surface area contributed by atoms with E-state index < -0.39 is 12.1 Å². The zero-order valence-electron chi connectivity index (χ0n) is 11.1. The molecule has 2 aliphatic rings. The Balaban J connectivity index is 1.75. The molecule has 1 aliphatic heterocycles. The fourth-order valence-electron chi connectivity index (χ4n) is 2.74. The fourth-order valence-corrected chi connectivity index (χ4v) is 3.96. The molecule has 1 aromatic heterocycles. The number of carboxylic acids is 1. The van der Waals surface area contributed by atoms with Crippen LogP contribution in [0.3, 0.4) is 0 Å². The number of fused-ring (bicyclic) bond motifs is 1. The first-order chi connectivity index (χ1) is 9.65. The Morgan fingerprint density at radius 3 is 2.90 bits per heavy atom. The highest BCUT2D eigenvalue weighted by Gasteiger charge is 2.30. The second kappa shape index (κ2) is 5.54. The van der Waals surface area contributed by atoms with Crippen molar-refractivity contribution in [1.29, 1.82) is 0 Å². The van der Waals surface area contributed by atoms with Gasteiger partial charge in [0.15, 0.2) is 6.10 Å². The van der Waals surface area contributed by atoms with Crippen LogP contribution in [0, 0.1) is 0 Å². The smallest absolute Gasteiger partial charge is 0.334 e. The topological polar surface area (TPSA) is 66.8 Å². The number of hydrogen-bond acceptors (Lipinski definition) is 4. The maximum atomic E-state index is 12.5. The fraction of sp³-hybridized carbons (Fsp3) is 0.571. The van der Waals surface area contributed by atoms with Crippen molar-refractivity contribution in [3.05, 3.63) is 21.4 Å². The molecule has 1 atom stereocenters. The van der Waals surface area contributed by atoms with Crippen molar-refractivity contribution in [3.8, 4) is 0 Å². The van der Waals surface area contributed by atoms with E-state index in [1.807, 2.05) is 6.07 Å². The summed E-state index contributed by atoms with van der Waals surface area (Å²) in [6.07, 6.45) is 3.60. The van der Waals surface area contributed by atoms with E-state index in [2.05, 4.69) is 0 Å². The van der Waals surface area contributed by atoms with Crippen molar-refractivity contribution in [1.82, 2.24) is 4.90 Å². The van der Waals surface area contributed by atoms with Gasteiger partial charge in [-0.3, -0.25) is 4.79 Å². The Morgan fingerprint density at radius 1 is 1.35 bits per heavy atom. The third-order valence-electron chi connectivity index (χ3n) is 3.84. The number of thiophene rings is 1. The summed E-state index contributed by atoms with van der Waals surface area (Å²) in [6.45, 7) is 0.885. The summed E-state index contributed by atoms with van der Waals surface area (Å²) < 4.78 is 5.15. The number of carbonyl (C=O) groups excluding carboxylic acids is 1. The molecule has 1 N–H and O–H groups in total. The third-order valence-corrected chi connectivity index (χ3v) is 5.06. The van der Waals surface area contributed by atoms with Gasteiger partial charge < -0.3 is 14.7 Å². The van der Waals surface area contributed by atoms with Crippen molar-refractivity contribution >= 4 is 23.2 Å². The Bertz CT molecular complexity index is 516. The van der Waals surface area contributed by atoms with E-state index in [0.29, 0.717) is 6.54 Å². The molecule has 6 heteroatoms. The van der Waals surface area contributed by atoms with E-state index in [9.17, 15) is 9.59 Å². The number of amides is 1. The van der Waals surface area contributed by atoms with Crippen LogP contribution in [0.25, 0.3) is 0 Å². The van der Waals surface area contributed by atoms with Crippen LogP contribution >= 0.6 is 11.3 Å². The molecule has 0 radical (unpaired) electrons. The predicted molar refractivity (Wildman–Crippen MR) is 74.2 cm³/mol. The van der Waals surface area contributed by atoms with Crippen molar-refractivity contribution in [2.75, 3.05) is 19.7 Å². The minimum atomic E-state index is -1.01. The summed E-state index contributed by atoms with van der Waals surface area (Å²) in [5.41, 5.74) is 1.30. The molecule has 1 aliphatic carbocycles. The number of nitrogens with zero attached hydrogens (tertiary/aromatic N) is 1. The van der Waals surface area contributed by atoms with Crippen LogP contribution in [-0.2, 0) is 22.4 Å². The number of carboxylic acid groups (broad SMARTS) is 1. The average molecular weight is 295 g/mol. The maximum absolute atomic E-state index is 12.5. The van der Waals surface area contributed by atoms with Gasteiger partial charge in [0.2, 0.25) is 0 Å². The van der Waals surface area contributed by atoms with Crippen LogP contribution in [0.4, 0.5) is 0 Å². The molecular weight excluding hydrogens is 278 g/mol. The van der Waals surface area contributed by atoms with Crippen molar-refractivity contribution in [3.63, 3.8) is 0 Å². The van der Waals surface area contributed by atoms with Crippen LogP contribution in [0.1, 0.15) is 33.0 Å². The normalized spacial score (nSPS) is 22.4. The number of morpholine rings is 1. The van der Waals surface area contributed by atoms with Gasteiger partial charge in [-0.05, 0) is 37.3 Å². The number of hydrogen-bond donors (Lipinski definition) is 1. The highest BCUT2D eigenvalue weighted by atomic mass is 32.1. The van der Waals surface area contributed by atoms with E-state index in [1.54, 1.807) is 16.2 Å². The predicted octanol–water partition coefficient (Wildman–Crippen LogP) is 1.55. The number of carbonyl (C=O) groups is 2. The quantitative estimate of drug-likeness (QED) is 0.899. The van der Waals surface area contributed by atoms with Crippen LogP contribution in [0.2, 0.25) is 0 Å². The molecule has 1 fully saturated rings. The summed E-state index contributed by atoms with van der Waals surface area (Å²) in [6, 6.07) is 1.99. The van der Waals surface area contributed by atoms with Gasteiger partial charge in [-0.15, -0.1) is 11.3 Å². The Labute approximate surface area is 121 Å². The van der Waals surface area contributed by atoms with Gasteiger partial charge in [-0.2, -0.15) is 0 Å². The van der Waals surface area contributed by atoms with Gasteiger partial charge >= 0.3 is 5.97 Å². The molecule has 0 bridgehead atoms. The number of rotatable bonds is 2. The van der Waals surface area contributed by atoms with E-state index in [0.717, 1.165) is 17.7 Å². The van der Waals surface area contributed by atoms with Crippen LogP contribution in [0.15, 0.2) is 6.07 Å². The molecule has 3 rings (SSSR count). The van der Waals surface area contributed by atoms with Crippen LogP contribution in [-0.4, -0.2) is 47.7 Å². The lowest BCUT2D eigenvalue weighted by Crippen LogP contribution is -2.48. The number of ether oxygens (including phenoxy) is 1. The molecule has 1 unspecified atom stereocenters. The largest absolute Gasteiger partial charge is 0.479 e. The zero-order valence-corrected chi connectivity index (χ0v) is 11.9. The SMILES string of the molecule is O=C(O)C1CN(C(=O)c2cc3c(s2)CCCC3)CCO1. The molecule has 20 heavy (non-hydrogen) atoms. The average Bonchev–Trinajstić information content (AvgIpc) is 2.90. The lowest BCUT2D eigenvalue weighted by atomic mass is 9.99. The van der Waals surface area contributed by atoms with E-state index in [-0.39, 0.29) is 19.1 Å². The lowest BCUT2D eigenvalue weighted by molar-refractivity contribution is -0.154. The molecule has 0 spiro atoms. The van der Waals surface area contributed by atoms with E-state index in [4.69, 9.17) is 9.84 Å². The van der Waals surface area contributed by atoms with Gasteiger partial charge in [0, 0.05) is 11.4 Å². The molecule has 108 valence electrons. The first kappa shape index (κ1) is 13.6. The number of aliphatic carboxylic acids is 1. The van der Waals surface area contributed by atoms with Crippen molar-refractivity contribution < 1.29 is 19.4 Å². The molecule has 1 saturated heterocycles. The third kappa shape index (κ3) is 2.58. The summed E-state index contributed by atoms with van der Waals surface area (Å²) in [4.78, 5) is 27.1. The van der Waals surface area contributed by atoms with E-state index in [1.165, 1.54) is 23.3 Å². The molecule has 0 aromatic carbocycles. The summed E-state index contributed by atoms with van der Waals surface area (Å²) in [5.74, 6) is -1.06. The zero-order chi connectivity index (χ0) is 14.1. The number of aryl methyl sites for hydroxylation is 2. The Kier molecular flexibility index (Phi) is 3.76. The second-order valence-corrected chi connectivity index (χ2v) is 6.35. The summed E-state index contributed by atoms with van der Waals surface area (Å²) >= 11 is 1.57. The molecule has 5 nitrogen and oxygen atoms in total. The minimum absolute atomic E-state index is 0.0565. The highest BCUT2D eigenvalue weighted by Crippen LogP contribution is 2.30. The van der Waals surface area contributed by atoms with Gasteiger partial charge in [-0.1, -0.05) is 0 Å². The van der Waals surface area contributed by atoms with Crippen LogP contribution < -0.4 is 0 Å². The van der Waals surface area contributed by atoms with Gasteiger partial charge in [0.05, 0.1) is 18.0 Å². The highest BCUT2D eigenvalue weighted by molar-refractivity contribution is 7.14. The molecular formula is C14H17NO4S. The second-order valence-electron chi connectivity index (χ2n) is 5.22. The van der Waals surface area contributed by atoms with Gasteiger partial charge in [0.1, 0.15) is 0 Å².